The number of aromatic nitrogens is 2. The Morgan fingerprint density at radius 1 is 0.912 bits per heavy atom. The quantitative estimate of drug-likeness (QED) is 0.385. The van der Waals surface area contributed by atoms with Gasteiger partial charge in [0.15, 0.2) is 5.82 Å². The summed E-state index contributed by atoms with van der Waals surface area (Å²) in [6, 6.07) is 18.8. The summed E-state index contributed by atoms with van der Waals surface area (Å²) >= 11 is 0. The van der Waals surface area contributed by atoms with E-state index in [1.54, 1.807) is 11.0 Å². The number of anilines is 2. The van der Waals surface area contributed by atoms with Gasteiger partial charge in [-0.05, 0) is 17.5 Å². The number of amides is 3. The van der Waals surface area contributed by atoms with E-state index in [4.69, 9.17) is 0 Å². The first-order valence-electron chi connectivity index (χ1n) is 11.1. The molecule has 0 aliphatic carbocycles. The Kier molecular flexibility index (Phi) is 7.12. The van der Waals surface area contributed by atoms with Crippen molar-refractivity contribution in [2.24, 2.45) is 0 Å². The van der Waals surface area contributed by atoms with Crippen LogP contribution in [-0.2, 0) is 27.3 Å². The molecule has 3 amide bonds. The van der Waals surface area contributed by atoms with Crippen LogP contribution in [0.1, 0.15) is 18.1 Å². The Bertz CT molecular complexity index is 1200. The third-order valence-electron chi connectivity index (χ3n) is 5.42. The van der Waals surface area contributed by atoms with E-state index >= 15 is 0 Å². The summed E-state index contributed by atoms with van der Waals surface area (Å²) in [7, 11) is 0. The Labute approximate surface area is 197 Å². The van der Waals surface area contributed by atoms with Crippen LogP contribution in [0.3, 0.4) is 0 Å². The fourth-order valence-electron chi connectivity index (χ4n) is 3.73. The van der Waals surface area contributed by atoms with Gasteiger partial charge >= 0.3 is 11.8 Å². The van der Waals surface area contributed by atoms with Crippen molar-refractivity contribution in [3.8, 4) is 11.4 Å². The first-order valence-corrected chi connectivity index (χ1v) is 11.1. The molecule has 0 unspecified atom stereocenters. The van der Waals surface area contributed by atoms with E-state index in [1.165, 1.54) is 12.5 Å². The number of benzene rings is 2. The molecule has 1 aliphatic rings. The molecule has 0 fully saturated rings. The molecule has 4 rings (SSSR count). The van der Waals surface area contributed by atoms with Crippen molar-refractivity contribution in [1.82, 2.24) is 20.2 Å². The average Bonchev–Trinajstić information content (AvgIpc) is 2.86. The van der Waals surface area contributed by atoms with Crippen molar-refractivity contribution in [3.05, 3.63) is 71.8 Å². The van der Waals surface area contributed by atoms with Crippen LogP contribution < -0.4 is 16.0 Å². The van der Waals surface area contributed by atoms with Crippen molar-refractivity contribution in [3.63, 3.8) is 0 Å². The lowest BCUT2D eigenvalue weighted by molar-refractivity contribution is -0.143. The lowest BCUT2D eigenvalue weighted by atomic mass is 10.00. The zero-order valence-corrected chi connectivity index (χ0v) is 18.9. The van der Waals surface area contributed by atoms with E-state index in [2.05, 4.69) is 25.9 Å². The minimum atomic E-state index is -0.749. The minimum Gasteiger partial charge on any atom is -0.368 e. The van der Waals surface area contributed by atoms with Gasteiger partial charge in [0.2, 0.25) is 5.91 Å². The maximum atomic E-state index is 12.8. The van der Waals surface area contributed by atoms with Crippen molar-refractivity contribution >= 4 is 29.4 Å². The number of rotatable bonds is 6. The maximum Gasteiger partial charge on any atom is 0.315 e. The van der Waals surface area contributed by atoms with Crippen molar-refractivity contribution in [2.45, 2.75) is 19.9 Å². The lowest BCUT2D eigenvalue weighted by Gasteiger charge is -2.28. The summed E-state index contributed by atoms with van der Waals surface area (Å²) in [4.78, 5) is 47.2. The van der Waals surface area contributed by atoms with E-state index in [1.807, 2.05) is 54.6 Å². The number of hydrogen-bond acceptors (Lipinski definition) is 6. The monoisotopic (exact) mass is 458 g/mol. The topological polar surface area (TPSA) is 116 Å². The van der Waals surface area contributed by atoms with E-state index in [0.29, 0.717) is 44.2 Å². The molecule has 2 heterocycles. The zero-order chi connectivity index (χ0) is 23.9. The van der Waals surface area contributed by atoms with Crippen LogP contribution in [0.5, 0.6) is 0 Å². The van der Waals surface area contributed by atoms with Crippen LogP contribution in [0, 0.1) is 0 Å². The number of nitrogens with zero attached hydrogens (tertiary/aromatic N) is 3. The molecule has 9 nitrogen and oxygen atoms in total. The predicted molar refractivity (Wildman–Crippen MR) is 129 cm³/mol. The second kappa shape index (κ2) is 10.6. The summed E-state index contributed by atoms with van der Waals surface area (Å²) in [6.07, 6.45) is 0.712. The van der Waals surface area contributed by atoms with E-state index < -0.39 is 11.8 Å². The minimum absolute atomic E-state index is 0.124. The smallest absolute Gasteiger partial charge is 0.315 e. The summed E-state index contributed by atoms with van der Waals surface area (Å²) in [6.45, 7) is 3.18. The van der Waals surface area contributed by atoms with Gasteiger partial charge in [0.1, 0.15) is 11.6 Å². The summed E-state index contributed by atoms with van der Waals surface area (Å²) in [5.41, 5.74) is 3.02. The van der Waals surface area contributed by atoms with Gasteiger partial charge in [0, 0.05) is 44.7 Å². The molecule has 0 saturated heterocycles. The SMILES string of the molecule is CC(=O)NCCNc1cc(NC(=O)C(=O)N2CCc3ccccc3C2)nc(-c2ccccc2)n1. The van der Waals surface area contributed by atoms with Gasteiger partial charge in [-0.3, -0.25) is 14.4 Å². The standard InChI is InChI=1S/C25H26N6O3/c1-17(32)26-12-13-27-21-15-22(29-23(28-21)19-8-3-2-4-9-19)30-24(33)25(34)31-14-11-18-7-5-6-10-20(18)16-31/h2-10,15H,11-14,16H2,1H3,(H,26,32)(H2,27,28,29,30,33). The molecular formula is C25H26N6O3. The third kappa shape index (κ3) is 5.74. The molecule has 0 atom stereocenters. The molecule has 9 heteroatoms. The highest BCUT2D eigenvalue weighted by molar-refractivity contribution is 6.39. The normalized spacial score (nSPS) is 12.4. The molecule has 1 aromatic heterocycles. The summed E-state index contributed by atoms with van der Waals surface area (Å²) < 4.78 is 0. The molecule has 174 valence electrons. The van der Waals surface area contributed by atoms with Gasteiger partial charge in [0.25, 0.3) is 0 Å². The van der Waals surface area contributed by atoms with E-state index in [-0.39, 0.29) is 11.7 Å². The van der Waals surface area contributed by atoms with Crippen LogP contribution in [0.15, 0.2) is 60.7 Å². The van der Waals surface area contributed by atoms with E-state index in [0.717, 1.165) is 11.1 Å². The molecule has 34 heavy (non-hydrogen) atoms. The van der Waals surface area contributed by atoms with Crippen molar-refractivity contribution in [2.75, 3.05) is 30.3 Å². The predicted octanol–water partition coefficient (Wildman–Crippen LogP) is 2.21. The fourth-order valence-corrected chi connectivity index (χ4v) is 3.73. The highest BCUT2D eigenvalue weighted by atomic mass is 16.2. The van der Waals surface area contributed by atoms with Gasteiger partial charge < -0.3 is 20.9 Å². The maximum absolute atomic E-state index is 12.8. The number of fused-ring (bicyclic) bond motifs is 1. The van der Waals surface area contributed by atoms with Crippen molar-refractivity contribution < 1.29 is 14.4 Å². The van der Waals surface area contributed by atoms with Gasteiger partial charge in [0.05, 0.1) is 0 Å². The highest BCUT2D eigenvalue weighted by Gasteiger charge is 2.26. The second-order valence-corrected chi connectivity index (χ2v) is 7.94. The number of nitrogens with one attached hydrogen (secondary N) is 3. The fraction of sp³-hybridized carbons (Fsp3) is 0.240. The zero-order valence-electron chi connectivity index (χ0n) is 18.9. The Balaban J connectivity index is 1.49. The molecule has 0 radical (unpaired) electrons. The first kappa shape index (κ1) is 22.9. The largest absolute Gasteiger partial charge is 0.368 e. The average molecular weight is 459 g/mol. The Morgan fingerprint density at radius 2 is 1.62 bits per heavy atom. The molecule has 3 N–H and O–H groups in total. The van der Waals surface area contributed by atoms with Crippen LogP contribution in [0.2, 0.25) is 0 Å². The molecular weight excluding hydrogens is 432 g/mol. The third-order valence-corrected chi connectivity index (χ3v) is 5.42. The van der Waals surface area contributed by atoms with Crippen LogP contribution >= 0.6 is 0 Å². The Hall–Kier alpha value is -4.27. The van der Waals surface area contributed by atoms with Gasteiger partial charge in [-0.1, -0.05) is 54.6 Å². The second-order valence-electron chi connectivity index (χ2n) is 7.94. The Morgan fingerprint density at radius 3 is 2.38 bits per heavy atom. The van der Waals surface area contributed by atoms with E-state index in [9.17, 15) is 14.4 Å². The summed E-state index contributed by atoms with van der Waals surface area (Å²) in [5, 5.41) is 8.45. The number of carbonyl (C=O) groups is 3. The van der Waals surface area contributed by atoms with Gasteiger partial charge in [-0.25, -0.2) is 9.97 Å². The molecule has 0 spiro atoms. The number of carbonyl (C=O) groups excluding carboxylic acids is 3. The summed E-state index contributed by atoms with van der Waals surface area (Å²) in [5.74, 6) is -0.391. The highest BCUT2D eigenvalue weighted by Crippen LogP contribution is 2.21. The van der Waals surface area contributed by atoms with Crippen LogP contribution in [-0.4, -0.2) is 52.2 Å². The molecule has 3 aromatic rings. The first-order chi connectivity index (χ1) is 16.5. The molecule has 1 aliphatic heterocycles. The lowest BCUT2D eigenvalue weighted by Crippen LogP contribution is -2.42. The van der Waals surface area contributed by atoms with Gasteiger partial charge in [-0.2, -0.15) is 0 Å². The molecule has 0 bridgehead atoms. The van der Waals surface area contributed by atoms with Crippen LogP contribution in [0.25, 0.3) is 11.4 Å². The van der Waals surface area contributed by atoms with Crippen LogP contribution in [0.4, 0.5) is 11.6 Å². The van der Waals surface area contributed by atoms with Gasteiger partial charge in [-0.15, -0.1) is 0 Å². The van der Waals surface area contributed by atoms with Crippen molar-refractivity contribution in [1.29, 1.82) is 0 Å². The number of hydrogen-bond donors (Lipinski definition) is 3. The molecule has 0 saturated carbocycles. The molecule has 2 aromatic carbocycles.